The summed E-state index contributed by atoms with van der Waals surface area (Å²) < 4.78 is 27.5. The van der Waals surface area contributed by atoms with Crippen molar-refractivity contribution in [2.24, 2.45) is 0 Å². The van der Waals surface area contributed by atoms with Crippen molar-refractivity contribution in [2.45, 2.75) is 18.4 Å². The van der Waals surface area contributed by atoms with E-state index in [1.54, 1.807) is 0 Å². The zero-order chi connectivity index (χ0) is 21.7. The quantitative estimate of drug-likeness (QED) is 0.443. The summed E-state index contributed by atoms with van der Waals surface area (Å²) in [4.78, 5) is 22.5. The molecule has 154 valence electrons. The minimum absolute atomic E-state index is 0.218. The van der Waals surface area contributed by atoms with E-state index in [1.807, 2.05) is 30.3 Å². The molecule has 0 saturated carbocycles. The molecule has 0 aliphatic rings. The zero-order valence-electron chi connectivity index (χ0n) is 16.0. The molecule has 1 amide bonds. The zero-order valence-corrected chi connectivity index (χ0v) is 16.8. The smallest absolute Gasteiger partial charge is 0.273 e. The van der Waals surface area contributed by atoms with Gasteiger partial charge in [0.05, 0.1) is 9.82 Å². The molecule has 0 heterocycles. The molecule has 0 saturated heterocycles. The lowest BCUT2D eigenvalue weighted by Gasteiger charge is -2.10. The van der Waals surface area contributed by atoms with E-state index in [-0.39, 0.29) is 22.2 Å². The number of hydrogen-bond acceptors (Lipinski definition) is 5. The summed E-state index contributed by atoms with van der Waals surface area (Å²) >= 11 is 0. The molecule has 30 heavy (non-hydrogen) atoms. The van der Waals surface area contributed by atoms with Gasteiger partial charge in [-0.15, -0.1) is 0 Å². The lowest BCUT2D eigenvalue weighted by Crippen LogP contribution is -2.22. The second kappa shape index (κ2) is 8.75. The number of rotatable bonds is 7. The lowest BCUT2D eigenvalue weighted by atomic mass is 10.2. The molecule has 0 radical (unpaired) electrons. The Hall–Kier alpha value is -3.72. The van der Waals surface area contributed by atoms with Crippen LogP contribution in [0.5, 0.6) is 0 Å². The first-order valence-electron chi connectivity index (χ1n) is 8.96. The summed E-state index contributed by atoms with van der Waals surface area (Å²) in [5.74, 6) is -0.289. The summed E-state index contributed by atoms with van der Waals surface area (Å²) in [7, 11) is -4.02. The molecule has 2 N–H and O–H groups in total. The highest BCUT2D eigenvalue weighted by Gasteiger charge is 2.20. The highest BCUT2D eigenvalue weighted by Crippen LogP contribution is 2.24. The number of sulfonamides is 1. The van der Waals surface area contributed by atoms with Gasteiger partial charge >= 0.3 is 0 Å². The third-order valence-electron chi connectivity index (χ3n) is 4.38. The van der Waals surface area contributed by atoms with Gasteiger partial charge in [0.25, 0.3) is 21.6 Å². The van der Waals surface area contributed by atoms with Gasteiger partial charge < -0.3 is 5.32 Å². The molecular weight excluding hydrogens is 406 g/mol. The number of nitrogens with one attached hydrogen (secondary N) is 2. The molecule has 0 spiro atoms. The first kappa shape index (κ1) is 21.0. The number of hydrogen-bond donors (Lipinski definition) is 2. The van der Waals surface area contributed by atoms with Gasteiger partial charge in [-0.05, 0) is 42.8 Å². The number of amides is 1. The van der Waals surface area contributed by atoms with E-state index in [2.05, 4.69) is 10.0 Å². The summed E-state index contributed by atoms with van der Waals surface area (Å²) in [6, 6.07) is 19.0. The minimum Gasteiger partial charge on any atom is -0.348 e. The Kier molecular flexibility index (Phi) is 6.12. The molecule has 0 bridgehead atoms. The molecule has 0 aromatic heterocycles. The molecule has 0 aliphatic carbocycles. The summed E-state index contributed by atoms with van der Waals surface area (Å²) in [6.45, 7) is 1.91. The van der Waals surface area contributed by atoms with Gasteiger partial charge in [0.1, 0.15) is 0 Å². The summed E-state index contributed by atoms with van der Waals surface area (Å²) in [5, 5.41) is 13.8. The largest absolute Gasteiger partial charge is 0.348 e. The van der Waals surface area contributed by atoms with Crippen LogP contribution >= 0.6 is 0 Å². The molecule has 3 rings (SSSR count). The van der Waals surface area contributed by atoms with Crippen molar-refractivity contribution in [1.29, 1.82) is 0 Å². The fourth-order valence-electron chi connectivity index (χ4n) is 2.74. The average molecular weight is 425 g/mol. The molecule has 8 nitrogen and oxygen atoms in total. The van der Waals surface area contributed by atoms with Crippen molar-refractivity contribution in [2.75, 3.05) is 4.72 Å². The van der Waals surface area contributed by atoms with Gasteiger partial charge in [0.15, 0.2) is 0 Å². The van der Waals surface area contributed by atoms with Crippen molar-refractivity contribution in [3.63, 3.8) is 0 Å². The summed E-state index contributed by atoms with van der Waals surface area (Å²) in [6.07, 6.45) is 0. The number of carbonyl (C=O) groups is 1. The molecule has 0 aliphatic heterocycles. The van der Waals surface area contributed by atoms with Crippen LogP contribution in [-0.4, -0.2) is 19.2 Å². The van der Waals surface area contributed by atoms with Crippen LogP contribution in [0.15, 0.2) is 77.7 Å². The standard InChI is InChI=1S/C21H19N3O5S/c1-15-7-12-19(13-20(15)24(26)27)30(28,29)23-18-10-8-17(9-11-18)21(25)22-14-16-5-3-2-4-6-16/h2-13,23H,14H2,1H3,(H,22,25). The third kappa shape index (κ3) is 5.00. The first-order valence-corrected chi connectivity index (χ1v) is 10.4. The maximum atomic E-state index is 12.6. The van der Waals surface area contributed by atoms with Crippen molar-refractivity contribution in [1.82, 2.24) is 5.32 Å². The van der Waals surface area contributed by atoms with E-state index < -0.39 is 14.9 Å². The maximum Gasteiger partial charge on any atom is 0.273 e. The van der Waals surface area contributed by atoms with E-state index in [0.29, 0.717) is 17.7 Å². The molecule has 0 fully saturated rings. The van der Waals surface area contributed by atoms with Gasteiger partial charge in [-0.1, -0.05) is 36.4 Å². The molecule has 0 unspecified atom stereocenters. The molecule has 3 aromatic carbocycles. The number of benzene rings is 3. The van der Waals surface area contributed by atoms with Crippen LogP contribution in [-0.2, 0) is 16.6 Å². The highest BCUT2D eigenvalue weighted by molar-refractivity contribution is 7.92. The van der Waals surface area contributed by atoms with Crippen LogP contribution in [0.25, 0.3) is 0 Å². The van der Waals surface area contributed by atoms with Gasteiger partial charge in [-0.2, -0.15) is 0 Å². The van der Waals surface area contributed by atoms with Crippen LogP contribution in [0.1, 0.15) is 21.5 Å². The highest BCUT2D eigenvalue weighted by atomic mass is 32.2. The van der Waals surface area contributed by atoms with Crippen LogP contribution in [0.3, 0.4) is 0 Å². The van der Waals surface area contributed by atoms with Crippen molar-refractivity contribution in [3.8, 4) is 0 Å². The van der Waals surface area contributed by atoms with E-state index in [0.717, 1.165) is 11.6 Å². The minimum atomic E-state index is -4.02. The predicted molar refractivity (Wildman–Crippen MR) is 113 cm³/mol. The van der Waals surface area contributed by atoms with E-state index in [4.69, 9.17) is 0 Å². The van der Waals surface area contributed by atoms with Gasteiger partial charge in [0.2, 0.25) is 0 Å². The van der Waals surface area contributed by atoms with Crippen LogP contribution in [0.2, 0.25) is 0 Å². The number of nitrogens with zero attached hydrogens (tertiary/aromatic N) is 1. The molecule has 3 aromatic rings. The topological polar surface area (TPSA) is 118 Å². The second-order valence-electron chi connectivity index (χ2n) is 6.56. The normalized spacial score (nSPS) is 11.0. The van der Waals surface area contributed by atoms with Crippen molar-refractivity contribution < 1.29 is 18.1 Å². The second-order valence-corrected chi connectivity index (χ2v) is 8.24. The van der Waals surface area contributed by atoms with Gasteiger partial charge in [-0.3, -0.25) is 19.6 Å². The van der Waals surface area contributed by atoms with Crippen LogP contribution < -0.4 is 10.0 Å². The molecule has 9 heteroatoms. The van der Waals surface area contributed by atoms with E-state index in [1.165, 1.54) is 43.3 Å². The number of anilines is 1. The monoisotopic (exact) mass is 425 g/mol. The van der Waals surface area contributed by atoms with Crippen LogP contribution in [0.4, 0.5) is 11.4 Å². The maximum absolute atomic E-state index is 12.6. The Morgan fingerprint density at radius 3 is 2.30 bits per heavy atom. The number of aryl methyl sites for hydroxylation is 1. The Bertz CT molecular complexity index is 1180. The Balaban J connectivity index is 1.69. The predicted octanol–water partition coefficient (Wildman–Crippen LogP) is 3.63. The first-order chi connectivity index (χ1) is 14.3. The number of carbonyl (C=O) groups excluding carboxylic acids is 1. The van der Waals surface area contributed by atoms with Crippen molar-refractivity contribution in [3.05, 3.63) is 99.6 Å². The fourth-order valence-corrected chi connectivity index (χ4v) is 3.82. The Morgan fingerprint density at radius 1 is 1.00 bits per heavy atom. The third-order valence-corrected chi connectivity index (χ3v) is 5.76. The van der Waals surface area contributed by atoms with E-state index >= 15 is 0 Å². The summed E-state index contributed by atoms with van der Waals surface area (Å²) in [5.41, 5.74) is 1.66. The average Bonchev–Trinajstić information content (AvgIpc) is 2.73. The van der Waals surface area contributed by atoms with Crippen molar-refractivity contribution >= 4 is 27.3 Å². The van der Waals surface area contributed by atoms with Crippen LogP contribution in [0, 0.1) is 17.0 Å². The van der Waals surface area contributed by atoms with Gasteiger partial charge in [-0.25, -0.2) is 8.42 Å². The molecular formula is C21H19N3O5S. The SMILES string of the molecule is Cc1ccc(S(=O)(=O)Nc2ccc(C(=O)NCc3ccccc3)cc2)cc1[N+](=O)[O-]. The fraction of sp³-hybridized carbons (Fsp3) is 0.0952. The number of nitro benzene ring substituents is 1. The Morgan fingerprint density at radius 2 is 1.67 bits per heavy atom. The molecule has 0 atom stereocenters. The lowest BCUT2D eigenvalue weighted by molar-refractivity contribution is -0.385. The van der Waals surface area contributed by atoms with Gasteiger partial charge in [0, 0.05) is 29.4 Å². The van der Waals surface area contributed by atoms with E-state index in [9.17, 15) is 23.3 Å². The Labute approximate surface area is 173 Å². The number of nitro groups is 1.